The van der Waals surface area contributed by atoms with E-state index in [4.69, 9.17) is 11.6 Å². The number of benzene rings is 3. The van der Waals surface area contributed by atoms with Crippen molar-refractivity contribution in [3.8, 4) is 0 Å². The zero-order valence-electron chi connectivity index (χ0n) is 14.1. The highest BCUT2D eigenvalue weighted by Crippen LogP contribution is 2.28. The molecule has 0 atom stereocenters. The summed E-state index contributed by atoms with van der Waals surface area (Å²) in [5.74, 6) is -0.410. The first-order valence-electron chi connectivity index (χ1n) is 8.12. The maximum absolute atomic E-state index is 12.9. The summed E-state index contributed by atoms with van der Waals surface area (Å²) in [5.41, 5.74) is 2.04. The van der Waals surface area contributed by atoms with Crippen LogP contribution < -0.4 is 5.32 Å². The molecule has 5 nitrogen and oxygen atoms in total. The second kappa shape index (κ2) is 8.29. The molecule has 0 saturated heterocycles. The van der Waals surface area contributed by atoms with E-state index in [0.29, 0.717) is 5.57 Å². The largest absolute Gasteiger partial charge is 0.320 e. The molecule has 0 fully saturated rings. The summed E-state index contributed by atoms with van der Waals surface area (Å²) in [7, 11) is 0. The second-order valence-electron chi connectivity index (χ2n) is 5.71. The SMILES string of the molecule is O=C(Nc1cc([N+](=O)[O-])ccc1Cl)/C(=C\c1ccccc1)c1ccccc1. The normalized spacial score (nSPS) is 11.1. The lowest BCUT2D eigenvalue weighted by Gasteiger charge is -2.11. The molecular formula is C21H15ClN2O3. The number of hydrogen-bond donors (Lipinski definition) is 1. The average molecular weight is 379 g/mol. The predicted octanol–water partition coefficient (Wildman–Crippen LogP) is 5.43. The van der Waals surface area contributed by atoms with Gasteiger partial charge in [0, 0.05) is 17.7 Å². The molecular weight excluding hydrogens is 364 g/mol. The maximum Gasteiger partial charge on any atom is 0.271 e. The Morgan fingerprint density at radius 1 is 0.963 bits per heavy atom. The fourth-order valence-electron chi connectivity index (χ4n) is 2.53. The first-order chi connectivity index (χ1) is 13.0. The van der Waals surface area contributed by atoms with Crippen LogP contribution in [0.1, 0.15) is 11.1 Å². The zero-order valence-corrected chi connectivity index (χ0v) is 14.9. The number of amides is 1. The first kappa shape index (κ1) is 18.4. The van der Waals surface area contributed by atoms with Gasteiger partial charge in [-0.05, 0) is 23.3 Å². The fraction of sp³-hybridized carbons (Fsp3) is 0. The summed E-state index contributed by atoms with van der Waals surface area (Å²) in [6, 6.07) is 22.5. The van der Waals surface area contributed by atoms with Gasteiger partial charge in [0.15, 0.2) is 0 Å². The van der Waals surface area contributed by atoms with E-state index in [1.807, 2.05) is 60.7 Å². The molecule has 0 aliphatic rings. The molecule has 0 saturated carbocycles. The van der Waals surface area contributed by atoms with E-state index >= 15 is 0 Å². The van der Waals surface area contributed by atoms with Crippen molar-refractivity contribution in [2.45, 2.75) is 0 Å². The molecule has 1 N–H and O–H groups in total. The van der Waals surface area contributed by atoms with Crippen molar-refractivity contribution in [3.05, 3.63) is 105 Å². The Balaban J connectivity index is 1.99. The highest BCUT2D eigenvalue weighted by Gasteiger charge is 2.16. The average Bonchev–Trinajstić information content (AvgIpc) is 2.69. The minimum Gasteiger partial charge on any atom is -0.320 e. The smallest absolute Gasteiger partial charge is 0.271 e. The van der Waals surface area contributed by atoms with Gasteiger partial charge in [-0.2, -0.15) is 0 Å². The Labute approximate surface area is 161 Å². The van der Waals surface area contributed by atoms with Crippen LogP contribution in [-0.4, -0.2) is 10.8 Å². The number of non-ortho nitro benzene ring substituents is 1. The molecule has 27 heavy (non-hydrogen) atoms. The van der Waals surface area contributed by atoms with Gasteiger partial charge in [0.1, 0.15) is 0 Å². The number of carbonyl (C=O) groups excluding carboxylic acids is 1. The number of nitrogens with zero attached hydrogens (tertiary/aromatic N) is 1. The molecule has 6 heteroatoms. The number of nitrogens with one attached hydrogen (secondary N) is 1. The Morgan fingerprint density at radius 2 is 1.59 bits per heavy atom. The van der Waals surface area contributed by atoms with Gasteiger partial charge in [-0.3, -0.25) is 14.9 Å². The van der Waals surface area contributed by atoms with E-state index in [1.165, 1.54) is 18.2 Å². The summed E-state index contributed by atoms with van der Waals surface area (Å²) in [4.78, 5) is 23.4. The quantitative estimate of drug-likeness (QED) is 0.278. The molecule has 0 spiro atoms. The van der Waals surface area contributed by atoms with Crippen LogP contribution in [0.4, 0.5) is 11.4 Å². The highest BCUT2D eigenvalue weighted by molar-refractivity contribution is 6.36. The lowest BCUT2D eigenvalue weighted by molar-refractivity contribution is -0.384. The Morgan fingerprint density at radius 3 is 2.22 bits per heavy atom. The third-order valence-corrected chi connectivity index (χ3v) is 4.18. The van der Waals surface area contributed by atoms with E-state index in [1.54, 1.807) is 6.08 Å². The molecule has 134 valence electrons. The molecule has 1 amide bonds. The Kier molecular flexibility index (Phi) is 5.64. The molecule has 0 unspecified atom stereocenters. The molecule has 0 aromatic heterocycles. The molecule has 0 aliphatic carbocycles. The number of nitro groups is 1. The van der Waals surface area contributed by atoms with Gasteiger partial charge < -0.3 is 5.32 Å². The van der Waals surface area contributed by atoms with Crippen LogP contribution >= 0.6 is 11.6 Å². The highest BCUT2D eigenvalue weighted by atomic mass is 35.5. The number of halogens is 1. The van der Waals surface area contributed by atoms with Gasteiger partial charge in [0.2, 0.25) is 0 Å². The number of rotatable bonds is 5. The van der Waals surface area contributed by atoms with Gasteiger partial charge in [-0.25, -0.2) is 0 Å². The van der Waals surface area contributed by atoms with E-state index in [0.717, 1.165) is 11.1 Å². The summed E-state index contributed by atoms with van der Waals surface area (Å²) in [5, 5.41) is 13.9. The minimum atomic E-state index is -0.538. The van der Waals surface area contributed by atoms with Gasteiger partial charge >= 0.3 is 0 Å². The van der Waals surface area contributed by atoms with Gasteiger partial charge in [0.25, 0.3) is 11.6 Å². The molecule has 3 aromatic carbocycles. The van der Waals surface area contributed by atoms with E-state index in [2.05, 4.69) is 5.32 Å². The van der Waals surface area contributed by atoms with Crippen molar-refractivity contribution >= 4 is 40.5 Å². The predicted molar refractivity (Wildman–Crippen MR) is 107 cm³/mol. The van der Waals surface area contributed by atoms with Crippen LogP contribution in [0, 0.1) is 10.1 Å². The Hall–Kier alpha value is -3.44. The number of hydrogen-bond acceptors (Lipinski definition) is 3. The molecule has 3 aromatic rings. The van der Waals surface area contributed by atoms with E-state index < -0.39 is 10.8 Å². The molecule has 0 aliphatic heterocycles. The van der Waals surface area contributed by atoms with Crippen molar-refractivity contribution in [1.82, 2.24) is 0 Å². The van der Waals surface area contributed by atoms with Crippen molar-refractivity contribution in [2.24, 2.45) is 0 Å². The van der Waals surface area contributed by atoms with Crippen LogP contribution in [0.15, 0.2) is 78.9 Å². The number of nitro benzene ring substituents is 1. The maximum atomic E-state index is 12.9. The van der Waals surface area contributed by atoms with Gasteiger partial charge in [-0.1, -0.05) is 72.3 Å². The summed E-state index contributed by atoms with van der Waals surface area (Å²) in [6.07, 6.45) is 1.76. The van der Waals surface area contributed by atoms with Crippen LogP contribution in [0.5, 0.6) is 0 Å². The molecule has 0 heterocycles. The molecule has 3 rings (SSSR count). The summed E-state index contributed by atoms with van der Waals surface area (Å²) < 4.78 is 0. The van der Waals surface area contributed by atoms with Crippen molar-refractivity contribution < 1.29 is 9.72 Å². The fourth-order valence-corrected chi connectivity index (χ4v) is 2.69. The third kappa shape index (κ3) is 4.59. The van der Waals surface area contributed by atoms with Gasteiger partial charge in [-0.15, -0.1) is 0 Å². The minimum absolute atomic E-state index is 0.150. The Bertz CT molecular complexity index is 1000. The number of carbonyl (C=O) groups is 1. The van der Waals surface area contributed by atoms with Crippen molar-refractivity contribution in [1.29, 1.82) is 0 Å². The lowest BCUT2D eigenvalue weighted by Crippen LogP contribution is -2.14. The number of anilines is 1. The first-order valence-corrected chi connectivity index (χ1v) is 8.50. The lowest BCUT2D eigenvalue weighted by atomic mass is 10.0. The second-order valence-corrected chi connectivity index (χ2v) is 6.12. The van der Waals surface area contributed by atoms with Crippen LogP contribution in [-0.2, 0) is 4.79 Å². The van der Waals surface area contributed by atoms with E-state index in [-0.39, 0.29) is 16.4 Å². The van der Waals surface area contributed by atoms with E-state index in [9.17, 15) is 14.9 Å². The van der Waals surface area contributed by atoms with Crippen LogP contribution in [0.3, 0.4) is 0 Å². The summed E-state index contributed by atoms with van der Waals surface area (Å²) >= 11 is 6.10. The zero-order chi connectivity index (χ0) is 19.2. The van der Waals surface area contributed by atoms with Crippen LogP contribution in [0.25, 0.3) is 11.6 Å². The monoisotopic (exact) mass is 378 g/mol. The molecule has 0 bridgehead atoms. The van der Waals surface area contributed by atoms with Crippen molar-refractivity contribution in [2.75, 3.05) is 5.32 Å². The molecule has 0 radical (unpaired) electrons. The topological polar surface area (TPSA) is 72.2 Å². The van der Waals surface area contributed by atoms with Crippen molar-refractivity contribution in [3.63, 3.8) is 0 Å². The third-order valence-electron chi connectivity index (χ3n) is 3.85. The van der Waals surface area contributed by atoms with Gasteiger partial charge in [0.05, 0.1) is 15.6 Å². The van der Waals surface area contributed by atoms with Crippen LogP contribution in [0.2, 0.25) is 5.02 Å². The summed E-state index contributed by atoms with van der Waals surface area (Å²) in [6.45, 7) is 0. The standard InChI is InChI=1S/C21H15ClN2O3/c22-19-12-11-17(24(26)27)14-20(19)23-21(25)18(16-9-5-2-6-10-16)13-15-7-3-1-4-8-15/h1-14H,(H,23,25)/b18-13-.